The van der Waals surface area contributed by atoms with Gasteiger partial charge in [-0.05, 0) is 30.7 Å². The van der Waals surface area contributed by atoms with Crippen LogP contribution in [-0.2, 0) is 4.74 Å². The Morgan fingerprint density at radius 3 is 2.70 bits per heavy atom. The van der Waals surface area contributed by atoms with Crippen molar-refractivity contribution in [2.24, 2.45) is 0 Å². The topological polar surface area (TPSA) is 70.8 Å². The lowest BCUT2D eigenvalue weighted by Gasteiger charge is -2.11. The number of hydrogen-bond acceptors (Lipinski definition) is 5. The highest BCUT2D eigenvalue weighted by Gasteiger charge is 2.16. The van der Waals surface area contributed by atoms with E-state index in [1.807, 2.05) is 31.2 Å². The van der Waals surface area contributed by atoms with E-state index in [0.29, 0.717) is 11.4 Å². The Morgan fingerprint density at radius 2 is 2.00 bits per heavy atom. The Morgan fingerprint density at radius 1 is 1.22 bits per heavy atom. The second kappa shape index (κ2) is 7.74. The summed E-state index contributed by atoms with van der Waals surface area (Å²) in [6, 6.07) is 10.5. The van der Waals surface area contributed by atoms with Crippen LogP contribution in [0.3, 0.4) is 0 Å². The van der Waals surface area contributed by atoms with Crippen LogP contribution in [0.15, 0.2) is 36.4 Å². The molecule has 0 amide bonds. The molecule has 0 atom stereocenters. The zero-order chi connectivity index (χ0) is 16.8. The van der Waals surface area contributed by atoms with Gasteiger partial charge in [-0.15, -0.1) is 0 Å². The molecule has 0 aromatic heterocycles. The summed E-state index contributed by atoms with van der Waals surface area (Å²) in [5, 5.41) is 0.272. The minimum Gasteiger partial charge on any atom is -0.496 e. The molecule has 0 fully saturated rings. The average molecular weight is 336 g/mol. The molecular formula is C17H18ClNO4. The third-order valence-electron chi connectivity index (χ3n) is 3.11. The number of nitrogens with two attached hydrogens (primary N) is 1. The maximum Gasteiger partial charge on any atom is 0.342 e. The molecule has 0 unspecified atom stereocenters. The molecule has 0 aliphatic rings. The van der Waals surface area contributed by atoms with Gasteiger partial charge < -0.3 is 19.9 Å². The molecule has 2 aromatic rings. The number of ether oxygens (including phenoxy) is 3. The molecule has 0 aliphatic heterocycles. The number of carbonyl (C=O) groups excluding carboxylic acids is 1. The molecule has 2 aromatic carbocycles. The van der Waals surface area contributed by atoms with Crippen LogP contribution in [0.5, 0.6) is 11.5 Å². The highest BCUT2D eigenvalue weighted by molar-refractivity contribution is 6.33. The van der Waals surface area contributed by atoms with Crippen molar-refractivity contribution in [1.29, 1.82) is 0 Å². The molecule has 0 saturated heterocycles. The third-order valence-corrected chi connectivity index (χ3v) is 3.44. The predicted molar refractivity (Wildman–Crippen MR) is 89.4 cm³/mol. The van der Waals surface area contributed by atoms with Gasteiger partial charge in [0.2, 0.25) is 0 Å². The Bertz CT molecular complexity index is 703. The summed E-state index contributed by atoms with van der Waals surface area (Å²) in [7, 11) is 1.44. The second-order valence-corrected chi connectivity index (χ2v) is 5.28. The highest BCUT2D eigenvalue weighted by Crippen LogP contribution is 2.29. The zero-order valence-electron chi connectivity index (χ0n) is 13.0. The minimum atomic E-state index is -0.545. The molecule has 0 radical (unpaired) electrons. The Kier molecular flexibility index (Phi) is 5.71. The molecule has 2 N–H and O–H groups in total. The first-order chi connectivity index (χ1) is 11.0. The van der Waals surface area contributed by atoms with E-state index in [1.54, 1.807) is 0 Å². The molecule has 0 heterocycles. The number of benzene rings is 2. The van der Waals surface area contributed by atoms with Crippen molar-refractivity contribution in [3.8, 4) is 11.5 Å². The lowest BCUT2D eigenvalue weighted by atomic mass is 10.2. The SMILES string of the molecule is COc1cc(N)c(Cl)cc1C(=O)OCCOc1cccc(C)c1. The summed E-state index contributed by atoms with van der Waals surface area (Å²) in [4.78, 5) is 12.1. The average Bonchev–Trinajstić information content (AvgIpc) is 2.53. The predicted octanol–water partition coefficient (Wildman–Crippen LogP) is 3.48. The first-order valence-corrected chi connectivity index (χ1v) is 7.38. The molecule has 2 rings (SSSR count). The normalized spacial score (nSPS) is 10.2. The van der Waals surface area contributed by atoms with Crippen molar-refractivity contribution < 1.29 is 19.0 Å². The summed E-state index contributed by atoms with van der Waals surface area (Å²) in [6.07, 6.45) is 0. The summed E-state index contributed by atoms with van der Waals surface area (Å²) < 4.78 is 15.8. The van der Waals surface area contributed by atoms with Crippen molar-refractivity contribution >= 4 is 23.3 Å². The quantitative estimate of drug-likeness (QED) is 0.497. The van der Waals surface area contributed by atoms with Gasteiger partial charge >= 0.3 is 5.97 Å². The van der Waals surface area contributed by atoms with Crippen molar-refractivity contribution in [2.45, 2.75) is 6.92 Å². The van der Waals surface area contributed by atoms with Crippen LogP contribution in [-0.4, -0.2) is 26.3 Å². The van der Waals surface area contributed by atoms with Crippen LogP contribution in [0.1, 0.15) is 15.9 Å². The number of anilines is 1. The monoisotopic (exact) mass is 335 g/mol. The summed E-state index contributed by atoms with van der Waals surface area (Å²) in [5.74, 6) is 0.502. The fraction of sp³-hybridized carbons (Fsp3) is 0.235. The molecule has 0 aliphatic carbocycles. The number of aryl methyl sites for hydroxylation is 1. The van der Waals surface area contributed by atoms with E-state index in [4.69, 9.17) is 31.5 Å². The van der Waals surface area contributed by atoms with Crippen LogP contribution >= 0.6 is 11.6 Å². The summed E-state index contributed by atoms with van der Waals surface area (Å²) in [5.41, 5.74) is 7.34. The van der Waals surface area contributed by atoms with E-state index < -0.39 is 5.97 Å². The van der Waals surface area contributed by atoms with Crippen LogP contribution in [0.2, 0.25) is 5.02 Å². The van der Waals surface area contributed by atoms with E-state index in [2.05, 4.69) is 0 Å². The van der Waals surface area contributed by atoms with E-state index in [1.165, 1.54) is 19.2 Å². The number of rotatable bonds is 6. The van der Waals surface area contributed by atoms with E-state index in [9.17, 15) is 4.79 Å². The van der Waals surface area contributed by atoms with Gasteiger partial charge in [0.05, 0.1) is 17.8 Å². The Hall–Kier alpha value is -2.40. The van der Waals surface area contributed by atoms with Crippen LogP contribution < -0.4 is 15.2 Å². The van der Waals surface area contributed by atoms with Gasteiger partial charge in [-0.2, -0.15) is 0 Å². The molecular weight excluding hydrogens is 318 g/mol. The maximum atomic E-state index is 12.1. The number of methoxy groups -OCH3 is 1. The summed E-state index contributed by atoms with van der Waals surface area (Å²) in [6.45, 7) is 2.34. The summed E-state index contributed by atoms with van der Waals surface area (Å²) >= 11 is 5.93. The smallest absolute Gasteiger partial charge is 0.342 e. The van der Waals surface area contributed by atoms with Gasteiger partial charge in [0.1, 0.15) is 30.3 Å². The molecule has 122 valence electrons. The van der Waals surface area contributed by atoms with Gasteiger partial charge in [-0.25, -0.2) is 4.79 Å². The van der Waals surface area contributed by atoms with Crippen molar-refractivity contribution in [2.75, 3.05) is 26.1 Å². The van der Waals surface area contributed by atoms with Crippen molar-refractivity contribution in [3.05, 3.63) is 52.5 Å². The number of esters is 1. The Balaban J connectivity index is 1.91. The molecule has 0 bridgehead atoms. The first kappa shape index (κ1) is 17.0. The lowest BCUT2D eigenvalue weighted by molar-refractivity contribution is 0.0447. The first-order valence-electron chi connectivity index (χ1n) is 7.01. The van der Waals surface area contributed by atoms with Crippen LogP contribution in [0, 0.1) is 6.92 Å². The number of carbonyl (C=O) groups is 1. The third kappa shape index (κ3) is 4.53. The van der Waals surface area contributed by atoms with Crippen LogP contribution in [0.25, 0.3) is 0 Å². The van der Waals surface area contributed by atoms with Crippen molar-refractivity contribution in [3.63, 3.8) is 0 Å². The largest absolute Gasteiger partial charge is 0.496 e. The minimum absolute atomic E-state index is 0.109. The van der Waals surface area contributed by atoms with Gasteiger partial charge in [-0.1, -0.05) is 23.7 Å². The fourth-order valence-corrected chi connectivity index (χ4v) is 2.14. The second-order valence-electron chi connectivity index (χ2n) is 4.87. The number of hydrogen-bond donors (Lipinski definition) is 1. The molecule has 5 nitrogen and oxygen atoms in total. The molecule has 0 spiro atoms. The lowest BCUT2D eigenvalue weighted by Crippen LogP contribution is -2.13. The van der Waals surface area contributed by atoms with Gasteiger partial charge in [0.25, 0.3) is 0 Å². The standard InChI is InChI=1S/C17H18ClNO4/c1-11-4-3-5-12(8-11)22-6-7-23-17(20)13-9-14(18)15(19)10-16(13)21-2/h3-5,8-10H,6-7,19H2,1-2H3. The van der Waals surface area contributed by atoms with Crippen LogP contribution in [0.4, 0.5) is 5.69 Å². The Labute approximate surface area is 139 Å². The van der Waals surface area contributed by atoms with E-state index >= 15 is 0 Å². The molecule has 23 heavy (non-hydrogen) atoms. The molecule has 6 heteroatoms. The van der Waals surface area contributed by atoms with Gasteiger partial charge in [-0.3, -0.25) is 0 Å². The van der Waals surface area contributed by atoms with Gasteiger partial charge in [0, 0.05) is 6.07 Å². The maximum absolute atomic E-state index is 12.1. The number of nitrogen functional groups attached to an aromatic ring is 1. The molecule has 0 saturated carbocycles. The van der Waals surface area contributed by atoms with Gasteiger partial charge in [0.15, 0.2) is 0 Å². The number of halogens is 1. The van der Waals surface area contributed by atoms with E-state index in [0.717, 1.165) is 11.3 Å². The van der Waals surface area contributed by atoms with E-state index in [-0.39, 0.29) is 23.8 Å². The van der Waals surface area contributed by atoms with Crippen molar-refractivity contribution in [1.82, 2.24) is 0 Å². The zero-order valence-corrected chi connectivity index (χ0v) is 13.7. The fourth-order valence-electron chi connectivity index (χ4n) is 1.97. The highest BCUT2D eigenvalue weighted by atomic mass is 35.5.